The second-order valence-corrected chi connectivity index (χ2v) is 10.1. The molecular weight excluding hydrogens is 368 g/mol. The highest BCUT2D eigenvalue weighted by Crippen LogP contribution is 2.44. The molecule has 2 N–H and O–H groups in total. The van der Waals surface area contributed by atoms with Crippen LogP contribution in [0.25, 0.3) is 11.1 Å². The van der Waals surface area contributed by atoms with Gasteiger partial charge in [-0.25, -0.2) is 4.68 Å². The highest BCUT2D eigenvalue weighted by Gasteiger charge is 2.39. The van der Waals surface area contributed by atoms with Crippen molar-refractivity contribution in [1.82, 2.24) is 9.78 Å². The van der Waals surface area contributed by atoms with E-state index in [2.05, 4.69) is 5.10 Å². The van der Waals surface area contributed by atoms with E-state index in [4.69, 9.17) is 0 Å². The molecule has 1 unspecified atom stereocenters. The van der Waals surface area contributed by atoms with Gasteiger partial charge in [-0.3, -0.25) is 19.5 Å². The van der Waals surface area contributed by atoms with Crippen LogP contribution in [0.4, 0.5) is 0 Å². The Bertz CT molecular complexity index is 1020. The van der Waals surface area contributed by atoms with Gasteiger partial charge in [0.1, 0.15) is 0 Å². The maximum absolute atomic E-state index is 13.6. The fourth-order valence-electron chi connectivity index (χ4n) is 5.63. The SMILES string of the molecule is CC(C)(C)c1[nH]n(C(C2CCCCC2)C2CCCC2)c(=O)c1-c1c(O)c(=O)c1=O. The van der Waals surface area contributed by atoms with Gasteiger partial charge in [0.05, 0.1) is 22.9 Å². The Kier molecular flexibility index (Phi) is 5.07. The first kappa shape index (κ1) is 20.2. The van der Waals surface area contributed by atoms with Gasteiger partial charge < -0.3 is 5.11 Å². The molecule has 158 valence electrons. The predicted molar refractivity (Wildman–Crippen MR) is 113 cm³/mol. The molecule has 6 heteroatoms. The molecule has 0 spiro atoms. The third-order valence-corrected chi connectivity index (χ3v) is 7.11. The van der Waals surface area contributed by atoms with E-state index < -0.39 is 22.0 Å². The normalized spacial score (nSPS) is 20.5. The number of aromatic nitrogens is 2. The molecule has 2 aliphatic rings. The first-order valence-electron chi connectivity index (χ1n) is 11.1. The lowest BCUT2D eigenvalue weighted by molar-refractivity contribution is 0.165. The number of nitrogens with zero attached hydrogens (tertiary/aromatic N) is 1. The summed E-state index contributed by atoms with van der Waals surface area (Å²) in [6.07, 6.45) is 10.5. The summed E-state index contributed by atoms with van der Waals surface area (Å²) in [6, 6.07) is 0.0915. The molecule has 2 fully saturated rings. The molecule has 2 saturated carbocycles. The highest BCUT2D eigenvalue weighted by atomic mass is 16.3. The zero-order chi connectivity index (χ0) is 20.9. The summed E-state index contributed by atoms with van der Waals surface area (Å²) in [4.78, 5) is 37.5. The zero-order valence-corrected chi connectivity index (χ0v) is 17.7. The van der Waals surface area contributed by atoms with Crippen LogP contribution in [0.1, 0.15) is 90.3 Å². The number of rotatable bonds is 4. The number of hydrogen-bond donors (Lipinski definition) is 2. The fourth-order valence-corrected chi connectivity index (χ4v) is 5.63. The molecule has 0 saturated heterocycles. The number of H-pyrrole nitrogens is 1. The van der Waals surface area contributed by atoms with Gasteiger partial charge in [-0.1, -0.05) is 52.9 Å². The van der Waals surface area contributed by atoms with E-state index in [9.17, 15) is 19.5 Å². The minimum absolute atomic E-state index is 0.0915. The topological polar surface area (TPSA) is 92.2 Å². The molecule has 2 aromatic rings. The molecule has 0 bridgehead atoms. The summed E-state index contributed by atoms with van der Waals surface area (Å²) < 4.78 is 1.76. The van der Waals surface area contributed by atoms with Gasteiger partial charge in [0.2, 0.25) is 5.43 Å². The van der Waals surface area contributed by atoms with E-state index >= 15 is 0 Å². The number of aromatic amines is 1. The molecular formula is C23H32N2O4. The minimum atomic E-state index is -0.897. The summed E-state index contributed by atoms with van der Waals surface area (Å²) in [7, 11) is 0. The van der Waals surface area contributed by atoms with Crippen molar-refractivity contribution in [2.75, 3.05) is 0 Å². The van der Waals surface area contributed by atoms with Gasteiger partial charge in [0.25, 0.3) is 11.0 Å². The molecule has 0 aliphatic heterocycles. The number of nitrogens with one attached hydrogen (secondary N) is 1. The first-order chi connectivity index (χ1) is 13.7. The zero-order valence-electron chi connectivity index (χ0n) is 17.7. The average Bonchev–Trinajstić information content (AvgIpc) is 3.33. The molecule has 1 atom stereocenters. The lowest BCUT2D eigenvalue weighted by Crippen LogP contribution is -2.36. The van der Waals surface area contributed by atoms with Crippen molar-refractivity contribution in [2.45, 2.75) is 90.0 Å². The van der Waals surface area contributed by atoms with Gasteiger partial charge in [-0.05, 0) is 37.5 Å². The maximum Gasteiger partial charge on any atom is 0.275 e. The first-order valence-corrected chi connectivity index (χ1v) is 11.1. The van der Waals surface area contributed by atoms with Crippen LogP contribution in [-0.2, 0) is 5.41 Å². The van der Waals surface area contributed by atoms with Crippen LogP contribution in [-0.4, -0.2) is 14.9 Å². The van der Waals surface area contributed by atoms with Gasteiger partial charge in [0, 0.05) is 5.41 Å². The molecule has 29 heavy (non-hydrogen) atoms. The monoisotopic (exact) mass is 400 g/mol. The van der Waals surface area contributed by atoms with E-state index in [1.165, 1.54) is 32.1 Å². The number of aromatic hydroxyl groups is 1. The van der Waals surface area contributed by atoms with Gasteiger partial charge >= 0.3 is 0 Å². The standard InChI is InChI=1S/C23H32N2O4/c1-23(2,3)21-16(15-18(26)20(28)19(15)27)22(29)25(24-21)17(14-11-7-8-12-14)13-9-5-4-6-10-13/h13-14,17,24,26H,4-12H2,1-3H3. The smallest absolute Gasteiger partial charge is 0.275 e. The molecule has 0 radical (unpaired) electrons. The van der Waals surface area contributed by atoms with Gasteiger partial charge in [-0.15, -0.1) is 0 Å². The Balaban J connectivity index is 1.89. The van der Waals surface area contributed by atoms with Crippen molar-refractivity contribution in [1.29, 1.82) is 0 Å². The Morgan fingerprint density at radius 2 is 1.38 bits per heavy atom. The summed E-state index contributed by atoms with van der Waals surface area (Å²) >= 11 is 0. The van der Waals surface area contributed by atoms with Crippen molar-refractivity contribution >= 4 is 0 Å². The maximum atomic E-state index is 13.6. The Hall–Kier alpha value is -2.11. The van der Waals surface area contributed by atoms with Crippen LogP contribution < -0.4 is 16.4 Å². The van der Waals surface area contributed by atoms with Crippen LogP contribution in [0.3, 0.4) is 0 Å². The number of hydrogen-bond acceptors (Lipinski definition) is 4. The van der Waals surface area contributed by atoms with E-state index in [1.807, 2.05) is 20.8 Å². The minimum Gasteiger partial charge on any atom is -0.503 e. The third kappa shape index (κ3) is 3.30. The molecule has 0 amide bonds. The highest BCUT2D eigenvalue weighted by molar-refractivity contribution is 5.75. The summed E-state index contributed by atoms with van der Waals surface area (Å²) in [5.41, 5.74) is -1.63. The molecule has 1 aromatic carbocycles. The molecule has 6 nitrogen and oxygen atoms in total. The Morgan fingerprint density at radius 3 is 1.86 bits per heavy atom. The summed E-state index contributed by atoms with van der Waals surface area (Å²) in [5.74, 6) is 0.334. The second kappa shape index (κ2) is 7.29. The second-order valence-electron chi connectivity index (χ2n) is 10.1. The average molecular weight is 401 g/mol. The molecule has 1 heterocycles. The van der Waals surface area contributed by atoms with Crippen LogP contribution in [0, 0.1) is 11.8 Å². The summed E-state index contributed by atoms with van der Waals surface area (Å²) in [6.45, 7) is 5.92. The van der Waals surface area contributed by atoms with E-state index in [0.717, 1.165) is 25.7 Å². The molecule has 4 rings (SSSR count). The molecule has 1 aromatic heterocycles. The van der Waals surface area contributed by atoms with Crippen molar-refractivity contribution in [3.63, 3.8) is 0 Å². The Labute approximate surface area is 170 Å². The van der Waals surface area contributed by atoms with Crippen molar-refractivity contribution < 1.29 is 5.11 Å². The lowest BCUT2D eigenvalue weighted by Gasteiger charge is -2.34. The Morgan fingerprint density at radius 1 is 0.862 bits per heavy atom. The fraction of sp³-hybridized carbons (Fsp3) is 0.696. The lowest BCUT2D eigenvalue weighted by atomic mass is 9.78. The van der Waals surface area contributed by atoms with E-state index in [-0.39, 0.29) is 22.7 Å². The van der Waals surface area contributed by atoms with Crippen LogP contribution in [0.5, 0.6) is 5.75 Å². The quantitative estimate of drug-likeness (QED) is 0.765. The van der Waals surface area contributed by atoms with E-state index in [0.29, 0.717) is 17.5 Å². The van der Waals surface area contributed by atoms with Crippen molar-refractivity contribution in [3.8, 4) is 16.9 Å². The largest absolute Gasteiger partial charge is 0.503 e. The predicted octanol–water partition coefficient (Wildman–Crippen LogP) is 3.75. The van der Waals surface area contributed by atoms with Crippen molar-refractivity contribution in [2.24, 2.45) is 11.8 Å². The summed E-state index contributed by atoms with van der Waals surface area (Å²) in [5, 5.41) is 13.4. The molecule has 2 aliphatic carbocycles. The van der Waals surface area contributed by atoms with E-state index in [1.54, 1.807) is 4.68 Å². The van der Waals surface area contributed by atoms with Crippen LogP contribution in [0.2, 0.25) is 0 Å². The van der Waals surface area contributed by atoms with Gasteiger partial charge in [-0.2, -0.15) is 0 Å². The van der Waals surface area contributed by atoms with Gasteiger partial charge in [0.15, 0.2) is 5.75 Å². The third-order valence-electron chi connectivity index (χ3n) is 7.11. The van der Waals surface area contributed by atoms with Crippen LogP contribution >= 0.6 is 0 Å². The van der Waals surface area contributed by atoms with Crippen LogP contribution in [0.15, 0.2) is 14.4 Å². The van der Waals surface area contributed by atoms with Crippen molar-refractivity contribution in [3.05, 3.63) is 36.5 Å².